The molecule has 0 spiro atoms. The van der Waals surface area contributed by atoms with E-state index in [2.05, 4.69) is 18.7 Å². The van der Waals surface area contributed by atoms with Crippen LogP contribution in [-0.4, -0.2) is 0 Å². The number of hydrogen-bond donors (Lipinski definition) is 0. The van der Waals surface area contributed by atoms with Gasteiger partial charge in [0.25, 0.3) is 0 Å². The zero-order valence-corrected chi connectivity index (χ0v) is 10.9. The highest BCUT2D eigenvalue weighted by Crippen LogP contribution is 2.25. The number of allylic oxidation sites excluding steroid dienone is 3. The molecule has 2 aromatic rings. The van der Waals surface area contributed by atoms with Crippen LogP contribution < -0.4 is 0 Å². The van der Waals surface area contributed by atoms with Crippen LogP contribution in [0, 0.1) is 0 Å². The highest BCUT2D eigenvalue weighted by atomic mass is 35.5. The van der Waals surface area contributed by atoms with E-state index >= 15 is 0 Å². The first-order chi connectivity index (χ1) is 8.81. The summed E-state index contributed by atoms with van der Waals surface area (Å²) in [6, 6.07) is 20.3. The molecule has 2 aromatic carbocycles. The number of halogens is 1. The van der Waals surface area contributed by atoms with Crippen LogP contribution in [0.5, 0.6) is 0 Å². The van der Waals surface area contributed by atoms with Crippen LogP contribution in [0.1, 0.15) is 11.1 Å². The molecule has 0 aliphatic rings. The molecule has 0 N–H and O–H groups in total. The first-order valence-corrected chi connectivity index (χ1v) is 6.29. The van der Waals surface area contributed by atoms with Crippen molar-refractivity contribution in [2.75, 3.05) is 0 Å². The van der Waals surface area contributed by atoms with Crippen molar-refractivity contribution in [3.63, 3.8) is 0 Å². The van der Waals surface area contributed by atoms with E-state index in [-0.39, 0.29) is 0 Å². The molecule has 0 saturated carbocycles. The van der Waals surface area contributed by atoms with Gasteiger partial charge in [0.1, 0.15) is 0 Å². The third kappa shape index (κ3) is 3.12. The molecule has 2 rings (SSSR count). The molecule has 0 radical (unpaired) electrons. The molecular formula is C17H15Cl. The summed E-state index contributed by atoms with van der Waals surface area (Å²) in [4.78, 5) is 0. The van der Waals surface area contributed by atoms with Gasteiger partial charge in [0.2, 0.25) is 0 Å². The molecule has 0 aromatic heterocycles. The van der Waals surface area contributed by atoms with E-state index in [9.17, 15) is 0 Å². The van der Waals surface area contributed by atoms with Crippen molar-refractivity contribution in [3.8, 4) is 0 Å². The Bertz CT molecular complexity index is 538. The molecule has 90 valence electrons. The van der Waals surface area contributed by atoms with E-state index < -0.39 is 0 Å². The summed E-state index contributed by atoms with van der Waals surface area (Å²) < 4.78 is 0. The largest absolute Gasteiger partial charge is 0.0984 e. The van der Waals surface area contributed by atoms with Crippen LogP contribution in [0.4, 0.5) is 0 Å². The van der Waals surface area contributed by atoms with Crippen LogP contribution in [0.3, 0.4) is 0 Å². The lowest BCUT2D eigenvalue weighted by molar-refractivity contribution is 1.24. The van der Waals surface area contributed by atoms with E-state index in [1.807, 2.05) is 54.6 Å². The Hall–Kier alpha value is -1.79. The summed E-state index contributed by atoms with van der Waals surface area (Å²) in [7, 11) is 0. The van der Waals surface area contributed by atoms with Crippen molar-refractivity contribution in [1.29, 1.82) is 0 Å². The van der Waals surface area contributed by atoms with Gasteiger partial charge in [0, 0.05) is 11.5 Å². The average molecular weight is 255 g/mol. The quantitative estimate of drug-likeness (QED) is 0.669. The standard InChI is InChI=1S/C17H15Cl/c1-2-16(15-11-7-4-8-12-15)17(18)13-14-9-5-3-6-10-14/h2-12H,1,13H2. The van der Waals surface area contributed by atoms with Gasteiger partial charge in [-0.15, -0.1) is 0 Å². The summed E-state index contributed by atoms with van der Waals surface area (Å²) in [5.74, 6) is 0. The van der Waals surface area contributed by atoms with Crippen LogP contribution in [0.2, 0.25) is 0 Å². The minimum atomic E-state index is 0.735. The van der Waals surface area contributed by atoms with Gasteiger partial charge in [0.15, 0.2) is 0 Å². The number of benzene rings is 2. The summed E-state index contributed by atoms with van der Waals surface area (Å²) in [5, 5.41) is 0.822. The Morgan fingerprint density at radius 3 is 2.06 bits per heavy atom. The second-order valence-corrected chi connectivity index (χ2v) is 4.51. The summed E-state index contributed by atoms with van der Waals surface area (Å²) in [5.41, 5.74) is 3.31. The van der Waals surface area contributed by atoms with Gasteiger partial charge in [-0.1, -0.05) is 84.9 Å². The molecule has 0 unspecified atom stereocenters. The Morgan fingerprint density at radius 1 is 0.944 bits per heavy atom. The second kappa shape index (κ2) is 6.23. The fraction of sp³-hybridized carbons (Fsp3) is 0.0588. The van der Waals surface area contributed by atoms with Gasteiger partial charge in [-0.3, -0.25) is 0 Å². The van der Waals surface area contributed by atoms with Gasteiger partial charge in [-0.05, 0) is 16.7 Å². The van der Waals surface area contributed by atoms with Crippen molar-refractivity contribution in [1.82, 2.24) is 0 Å². The fourth-order valence-electron chi connectivity index (χ4n) is 1.87. The van der Waals surface area contributed by atoms with E-state index in [4.69, 9.17) is 11.6 Å². The van der Waals surface area contributed by atoms with Crippen molar-refractivity contribution < 1.29 is 0 Å². The lowest BCUT2D eigenvalue weighted by atomic mass is 10.0. The molecule has 0 amide bonds. The molecule has 0 nitrogen and oxygen atoms in total. The highest BCUT2D eigenvalue weighted by molar-refractivity contribution is 6.33. The van der Waals surface area contributed by atoms with E-state index in [0.29, 0.717) is 0 Å². The van der Waals surface area contributed by atoms with E-state index in [0.717, 1.165) is 22.6 Å². The zero-order valence-electron chi connectivity index (χ0n) is 10.1. The molecule has 0 atom stereocenters. The van der Waals surface area contributed by atoms with Crippen LogP contribution >= 0.6 is 11.6 Å². The van der Waals surface area contributed by atoms with Gasteiger partial charge in [0.05, 0.1) is 0 Å². The Kier molecular flexibility index (Phi) is 4.38. The minimum absolute atomic E-state index is 0.735. The van der Waals surface area contributed by atoms with Crippen LogP contribution in [-0.2, 0) is 6.42 Å². The first kappa shape index (κ1) is 12.7. The third-order valence-corrected chi connectivity index (χ3v) is 3.12. The Morgan fingerprint density at radius 2 is 1.50 bits per heavy atom. The van der Waals surface area contributed by atoms with Gasteiger partial charge < -0.3 is 0 Å². The zero-order chi connectivity index (χ0) is 12.8. The minimum Gasteiger partial charge on any atom is -0.0984 e. The van der Waals surface area contributed by atoms with E-state index in [1.165, 1.54) is 5.56 Å². The Labute approximate surface area is 113 Å². The molecule has 0 aliphatic carbocycles. The van der Waals surface area contributed by atoms with Crippen molar-refractivity contribution in [3.05, 3.63) is 89.5 Å². The maximum atomic E-state index is 6.42. The Balaban J connectivity index is 2.30. The highest BCUT2D eigenvalue weighted by Gasteiger charge is 2.04. The summed E-state index contributed by atoms with van der Waals surface area (Å²) >= 11 is 6.42. The van der Waals surface area contributed by atoms with Crippen molar-refractivity contribution in [2.45, 2.75) is 6.42 Å². The lowest BCUT2D eigenvalue weighted by Crippen LogP contribution is -1.89. The molecule has 0 bridgehead atoms. The SMILES string of the molecule is C=CC(=C(Cl)Cc1ccccc1)c1ccccc1. The van der Waals surface area contributed by atoms with Crippen molar-refractivity contribution >= 4 is 17.2 Å². The maximum absolute atomic E-state index is 6.42. The van der Waals surface area contributed by atoms with Crippen LogP contribution in [0.25, 0.3) is 5.57 Å². The van der Waals surface area contributed by atoms with Crippen LogP contribution in [0.15, 0.2) is 78.4 Å². The van der Waals surface area contributed by atoms with Gasteiger partial charge in [-0.2, -0.15) is 0 Å². The number of rotatable bonds is 4. The monoisotopic (exact) mass is 254 g/mol. The molecule has 0 heterocycles. The smallest absolute Gasteiger partial charge is 0.0302 e. The molecular weight excluding hydrogens is 240 g/mol. The predicted octanol–water partition coefficient (Wildman–Crippen LogP) is 5.07. The second-order valence-electron chi connectivity index (χ2n) is 4.05. The normalized spacial score (nSPS) is 11.8. The average Bonchev–Trinajstić information content (AvgIpc) is 2.42. The lowest BCUT2D eigenvalue weighted by Gasteiger charge is -2.07. The predicted molar refractivity (Wildman–Crippen MR) is 79.6 cm³/mol. The fourth-order valence-corrected chi connectivity index (χ4v) is 2.21. The van der Waals surface area contributed by atoms with Gasteiger partial charge in [-0.25, -0.2) is 0 Å². The topological polar surface area (TPSA) is 0 Å². The van der Waals surface area contributed by atoms with E-state index in [1.54, 1.807) is 0 Å². The van der Waals surface area contributed by atoms with Crippen molar-refractivity contribution in [2.24, 2.45) is 0 Å². The summed E-state index contributed by atoms with van der Waals surface area (Å²) in [6.07, 6.45) is 2.55. The molecule has 0 fully saturated rings. The third-order valence-electron chi connectivity index (χ3n) is 2.78. The summed E-state index contributed by atoms with van der Waals surface area (Å²) in [6.45, 7) is 3.86. The first-order valence-electron chi connectivity index (χ1n) is 5.91. The maximum Gasteiger partial charge on any atom is 0.0302 e. The molecule has 18 heavy (non-hydrogen) atoms. The van der Waals surface area contributed by atoms with Gasteiger partial charge >= 0.3 is 0 Å². The molecule has 1 heteroatoms. The number of hydrogen-bond acceptors (Lipinski definition) is 0. The molecule has 0 aliphatic heterocycles. The molecule has 0 saturated heterocycles.